The Kier molecular flexibility index (Phi) is 6.24. The fourth-order valence-corrected chi connectivity index (χ4v) is 3.67. The molecule has 2 aliphatic rings. The van der Waals surface area contributed by atoms with Crippen LogP contribution in [-0.4, -0.2) is 48.3 Å². The molecule has 1 atom stereocenters. The lowest BCUT2D eigenvalue weighted by atomic mass is 10.2. The minimum atomic E-state index is 0.248. The summed E-state index contributed by atoms with van der Waals surface area (Å²) in [6.45, 7) is 4.95. The number of hydrogen-bond acceptors (Lipinski definition) is 5. The molecule has 1 N–H and O–H groups in total. The fourth-order valence-electron chi connectivity index (χ4n) is 3.48. The number of rotatable bonds is 8. The van der Waals surface area contributed by atoms with E-state index >= 15 is 0 Å². The Hall–Kier alpha value is -1.66. The second kappa shape index (κ2) is 9.02. The number of pyridine rings is 1. The maximum absolute atomic E-state index is 6.20. The van der Waals surface area contributed by atoms with Crippen LogP contribution >= 0.6 is 11.6 Å². The first-order valence-electron chi connectivity index (χ1n) is 9.64. The van der Waals surface area contributed by atoms with Crippen LogP contribution in [0.25, 0.3) is 0 Å². The van der Waals surface area contributed by atoms with Crippen molar-refractivity contribution in [3.05, 3.63) is 58.9 Å². The standard InChI is InChI=1S/C21H26ClN3O2/c22-18-3-6-21(27-15-16-2-1-7-23-11-16)17(10-18)12-24-13-20-14-25(8-9-26-20)19-4-5-19/h1-3,6-7,10-11,19-20,24H,4-5,8-9,12-15H2. The number of nitrogens with zero attached hydrogens (tertiary/aromatic N) is 2. The van der Waals surface area contributed by atoms with E-state index in [-0.39, 0.29) is 6.10 Å². The zero-order valence-corrected chi connectivity index (χ0v) is 16.2. The average Bonchev–Trinajstić information content (AvgIpc) is 3.54. The monoisotopic (exact) mass is 387 g/mol. The first kappa shape index (κ1) is 18.7. The minimum absolute atomic E-state index is 0.248. The van der Waals surface area contributed by atoms with Gasteiger partial charge in [0.05, 0.1) is 12.7 Å². The summed E-state index contributed by atoms with van der Waals surface area (Å²) in [4.78, 5) is 6.69. The van der Waals surface area contributed by atoms with Crippen molar-refractivity contribution in [2.45, 2.75) is 38.1 Å². The van der Waals surface area contributed by atoms with Gasteiger partial charge in [-0.15, -0.1) is 0 Å². The Morgan fingerprint density at radius 2 is 2.22 bits per heavy atom. The van der Waals surface area contributed by atoms with E-state index in [9.17, 15) is 0 Å². The van der Waals surface area contributed by atoms with Gasteiger partial charge in [0.15, 0.2) is 0 Å². The van der Waals surface area contributed by atoms with Crippen molar-refractivity contribution in [3.8, 4) is 5.75 Å². The van der Waals surface area contributed by atoms with Crippen LogP contribution in [0.5, 0.6) is 5.75 Å². The Labute approximate surface area is 165 Å². The molecule has 27 heavy (non-hydrogen) atoms. The predicted octanol–water partition coefficient (Wildman–Crippen LogP) is 3.27. The number of benzene rings is 1. The molecule has 1 saturated carbocycles. The third kappa shape index (κ3) is 5.42. The SMILES string of the molecule is Clc1ccc(OCc2cccnc2)c(CNCC2CN(C3CC3)CCO2)c1. The van der Waals surface area contributed by atoms with Crippen LogP contribution in [0.15, 0.2) is 42.7 Å². The molecule has 1 aromatic carbocycles. The summed E-state index contributed by atoms with van der Waals surface area (Å²) >= 11 is 6.20. The largest absolute Gasteiger partial charge is 0.489 e. The molecule has 2 aromatic rings. The Morgan fingerprint density at radius 3 is 3.04 bits per heavy atom. The Bertz CT molecular complexity index is 739. The predicted molar refractivity (Wildman–Crippen MR) is 106 cm³/mol. The molecule has 1 unspecified atom stereocenters. The zero-order chi connectivity index (χ0) is 18.5. The van der Waals surface area contributed by atoms with Gasteiger partial charge >= 0.3 is 0 Å². The highest BCUT2D eigenvalue weighted by Crippen LogP contribution is 2.28. The Morgan fingerprint density at radius 1 is 1.30 bits per heavy atom. The number of hydrogen-bond donors (Lipinski definition) is 1. The number of morpholine rings is 1. The van der Waals surface area contributed by atoms with Gasteiger partial charge in [0.25, 0.3) is 0 Å². The summed E-state index contributed by atoms with van der Waals surface area (Å²) in [7, 11) is 0. The molecule has 0 bridgehead atoms. The van der Waals surface area contributed by atoms with E-state index in [4.69, 9.17) is 21.1 Å². The van der Waals surface area contributed by atoms with E-state index < -0.39 is 0 Å². The normalized spacial score (nSPS) is 20.6. The van der Waals surface area contributed by atoms with Gasteiger partial charge in [0.1, 0.15) is 12.4 Å². The first-order valence-corrected chi connectivity index (χ1v) is 10.0. The Balaban J connectivity index is 1.30. The lowest BCUT2D eigenvalue weighted by Crippen LogP contribution is -2.47. The van der Waals surface area contributed by atoms with Crippen molar-refractivity contribution in [1.29, 1.82) is 0 Å². The summed E-state index contributed by atoms with van der Waals surface area (Å²) < 4.78 is 11.9. The van der Waals surface area contributed by atoms with Crippen molar-refractivity contribution in [3.63, 3.8) is 0 Å². The van der Waals surface area contributed by atoms with Crippen LogP contribution < -0.4 is 10.1 Å². The van der Waals surface area contributed by atoms with Gasteiger partial charge < -0.3 is 14.8 Å². The highest BCUT2D eigenvalue weighted by Gasteiger charge is 2.32. The molecule has 5 nitrogen and oxygen atoms in total. The summed E-state index contributed by atoms with van der Waals surface area (Å²) in [6.07, 6.45) is 6.53. The van der Waals surface area contributed by atoms with Crippen LogP contribution in [0.1, 0.15) is 24.0 Å². The van der Waals surface area contributed by atoms with Crippen molar-refractivity contribution in [1.82, 2.24) is 15.2 Å². The third-order valence-electron chi connectivity index (χ3n) is 5.06. The van der Waals surface area contributed by atoms with E-state index in [1.165, 1.54) is 12.8 Å². The highest BCUT2D eigenvalue weighted by atomic mass is 35.5. The number of halogens is 1. The lowest BCUT2D eigenvalue weighted by molar-refractivity contribution is -0.0301. The van der Waals surface area contributed by atoms with Crippen LogP contribution in [0.4, 0.5) is 0 Å². The zero-order valence-electron chi connectivity index (χ0n) is 15.4. The molecule has 2 fully saturated rings. The molecule has 2 heterocycles. The molecule has 0 spiro atoms. The van der Waals surface area contributed by atoms with Gasteiger partial charge in [-0.2, -0.15) is 0 Å². The quantitative estimate of drug-likeness (QED) is 0.753. The maximum atomic E-state index is 6.20. The first-order chi connectivity index (χ1) is 13.3. The van der Waals surface area contributed by atoms with Crippen LogP contribution in [0, 0.1) is 0 Å². The molecule has 0 amide bonds. The van der Waals surface area contributed by atoms with Gasteiger partial charge in [-0.1, -0.05) is 17.7 Å². The summed E-state index contributed by atoms with van der Waals surface area (Å²) in [6, 6.07) is 10.5. The third-order valence-corrected chi connectivity index (χ3v) is 5.30. The van der Waals surface area contributed by atoms with Crippen LogP contribution in [-0.2, 0) is 17.9 Å². The molecule has 0 radical (unpaired) electrons. The topological polar surface area (TPSA) is 46.6 Å². The average molecular weight is 388 g/mol. The highest BCUT2D eigenvalue weighted by molar-refractivity contribution is 6.30. The second-order valence-corrected chi connectivity index (χ2v) is 7.69. The van der Waals surface area contributed by atoms with Crippen molar-refractivity contribution in [2.75, 3.05) is 26.2 Å². The van der Waals surface area contributed by atoms with E-state index in [0.717, 1.165) is 49.2 Å². The number of nitrogens with one attached hydrogen (secondary N) is 1. The molecular formula is C21H26ClN3O2. The van der Waals surface area contributed by atoms with Crippen molar-refractivity contribution in [2.24, 2.45) is 0 Å². The van der Waals surface area contributed by atoms with Crippen molar-refractivity contribution < 1.29 is 9.47 Å². The summed E-state index contributed by atoms with van der Waals surface area (Å²) in [5, 5.41) is 4.23. The van der Waals surface area contributed by atoms with Gasteiger partial charge in [-0.25, -0.2) is 0 Å². The molecule has 4 rings (SSSR count). The van der Waals surface area contributed by atoms with Crippen LogP contribution in [0.3, 0.4) is 0 Å². The summed E-state index contributed by atoms with van der Waals surface area (Å²) in [5.74, 6) is 0.847. The number of aromatic nitrogens is 1. The lowest BCUT2D eigenvalue weighted by Gasteiger charge is -2.33. The molecule has 6 heteroatoms. The number of ether oxygens (including phenoxy) is 2. The van der Waals surface area contributed by atoms with Crippen molar-refractivity contribution >= 4 is 11.6 Å². The van der Waals surface area contributed by atoms with Gasteiger partial charge in [0, 0.05) is 60.8 Å². The molecule has 1 aliphatic heterocycles. The summed E-state index contributed by atoms with van der Waals surface area (Å²) in [5.41, 5.74) is 2.10. The smallest absolute Gasteiger partial charge is 0.124 e. The van der Waals surface area contributed by atoms with Gasteiger partial charge in [0.2, 0.25) is 0 Å². The van der Waals surface area contributed by atoms with Crippen LogP contribution in [0.2, 0.25) is 5.02 Å². The van der Waals surface area contributed by atoms with Gasteiger partial charge in [-0.3, -0.25) is 9.88 Å². The molecular weight excluding hydrogens is 362 g/mol. The van der Waals surface area contributed by atoms with E-state index in [1.54, 1.807) is 6.20 Å². The second-order valence-electron chi connectivity index (χ2n) is 7.25. The van der Waals surface area contributed by atoms with E-state index in [2.05, 4.69) is 15.2 Å². The molecule has 1 saturated heterocycles. The maximum Gasteiger partial charge on any atom is 0.124 e. The molecule has 144 valence electrons. The van der Waals surface area contributed by atoms with E-state index in [0.29, 0.717) is 18.2 Å². The molecule has 1 aliphatic carbocycles. The van der Waals surface area contributed by atoms with E-state index in [1.807, 2.05) is 36.5 Å². The molecule has 1 aromatic heterocycles. The minimum Gasteiger partial charge on any atom is -0.489 e. The van der Waals surface area contributed by atoms with Gasteiger partial charge in [-0.05, 0) is 37.1 Å². The fraction of sp³-hybridized carbons (Fsp3) is 0.476.